The van der Waals surface area contributed by atoms with E-state index >= 15 is 0 Å². The monoisotopic (exact) mass is 277 g/mol. The molecule has 2 bridgehead atoms. The van der Waals surface area contributed by atoms with Crippen molar-refractivity contribution in [2.45, 2.75) is 38.6 Å². The number of carboxylic acids is 1. The summed E-state index contributed by atoms with van der Waals surface area (Å²) in [5.41, 5.74) is 0.394. The summed E-state index contributed by atoms with van der Waals surface area (Å²) in [6.07, 6.45) is 5.32. The van der Waals surface area contributed by atoms with Crippen LogP contribution in [0.15, 0.2) is 18.2 Å². The van der Waals surface area contributed by atoms with Crippen LogP contribution in [0.3, 0.4) is 0 Å². The lowest BCUT2D eigenvalue weighted by Crippen LogP contribution is -2.30. The first-order valence-electron chi connectivity index (χ1n) is 7.34. The molecule has 0 amide bonds. The highest BCUT2D eigenvalue weighted by Gasteiger charge is 2.41. The predicted molar refractivity (Wildman–Crippen MR) is 75.4 cm³/mol. The van der Waals surface area contributed by atoms with Gasteiger partial charge in [0.1, 0.15) is 5.82 Å². The molecule has 2 aliphatic carbocycles. The second kappa shape index (κ2) is 5.08. The third-order valence-electron chi connectivity index (χ3n) is 5.03. The van der Waals surface area contributed by atoms with E-state index in [1.807, 2.05) is 0 Å². The van der Waals surface area contributed by atoms with Gasteiger partial charge in [0.05, 0.1) is 5.56 Å². The van der Waals surface area contributed by atoms with Crippen molar-refractivity contribution in [3.8, 4) is 0 Å². The molecule has 4 atom stereocenters. The highest BCUT2D eigenvalue weighted by Crippen LogP contribution is 2.49. The van der Waals surface area contributed by atoms with Crippen LogP contribution in [0.5, 0.6) is 0 Å². The highest BCUT2D eigenvalue weighted by molar-refractivity contribution is 5.88. The van der Waals surface area contributed by atoms with Crippen LogP contribution in [0, 0.1) is 23.6 Å². The summed E-state index contributed by atoms with van der Waals surface area (Å²) in [6.45, 7) is 2.15. The standard InChI is InChI=1S/C16H20FNO2/c1-9(14-7-10-2-3-11(14)6-10)18-12-4-5-13(16(19)20)15(17)8-12/h4-5,8-11,14,18H,2-3,6-7H2,1H3,(H,19,20). The Labute approximate surface area is 118 Å². The van der Waals surface area contributed by atoms with Crippen LogP contribution in [-0.4, -0.2) is 17.1 Å². The Hall–Kier alpha value is -1.58. The lowest BCUT2D eigenvalue weighted by Gasteiger charge is -2.29. The number of hydrogen-bond donors (Lipinski definition) is 2. The molecular formula is C16H20FNO2. The molecule has 2 saturated carbocycles. The average molecular weight is 277 g/mol. The van der Waals surface area contributed by atoms with E-state index in [4.69, 9.17) is 5.11 Å². The number of halogens is 1. The van der Waals surface area contributed by atoms with Gasteiger partial charge < -0.3 is 10.4 Å². The normalized spacial score (nSPS) is 29.4. The zero-order chi connectivity index (χ0) is 14.3. The van der Waals surface area contributed by atoms with E-state index in [0.717, 1.165) is 11.8 Å². The molecule has 0 aliphatic heterocycles. The van der Waals surface area contributed by atoms with Crippen molar-refractivity contribution in [2.24, 2.45) is 17.8 Å². The van der Waals surface area contributed by atoms with Crippen LogP contribution in [0.2, 0.25) is 0 Å². The van der Waals surface area contributed by atoms with Crippen molar-refractivity contribution in [1.82, 2.24) is 0 Å². The predicted octanol–water partition coefficient (Wildman–Crippen LogP) is 3.76. The Morgan fingerprint density at radius 2 is 2.20 bits per heavy atom. The minimum Gasteiger partial charge on any atom is -0.478 e. The van der Waals surface area contributed by atoms with E-state index in [-0.39, 0.29) is 5.56 Å². The number of carboxylic acid groups (broad SMARTS) is 1. The molecule has 1 aromatic rings. The van der Waals surface area contributed by atoms with Gasteiger partial charge in [-0.25, -0.2) is 9.18 Å². The minimum absolute atomic E-state index is 0.275. The first-order valence-corrected chi connectivity index (χ1v) is 7.34. The maximum atomic E-state index is 13.7. The Balaban J connectivity index is 1.68. The van der Waals surface area contributed by atoms with Crippen LogP contribution in [0.25, 0.3) is 0 Å². The quantitative estimate of drug-likeness (QED) is 0.881. The van der Waals surface area contributed by atoms with Gasteiger partial charge in [0.15, 0.2) is 0 Å². The van der Waals surface area contributed by atoms with E-state index in [9.17, 15) is 9.18 Å². The Kier molecular flexibility index (Phi) is 3.40. The van der Waals surface area contributed by atoms with Gasteiger partial charge in [0.2, 0.25) is 0 Å². The van der Waals surface area contributed by atoms with Crippen LogP contribution in [-0.2, 0) is 0 Å². The van der Waals surface area contributed by atoms with E-state index < -0.39 is 11.8 Å². The van der Waals surface area contributed by atoms with Gasteiger partial charge >= 0.3 is 5.97 Å². The molecule has 0 radical (unpaired) electrons. The van der Waals surface area contributed by atoms with Crippen LogP contribution in [0.4, 0.5) is 10.1 Å². The van der Waals surface area contributed by atoms with Crippen molar-refractivity contribution in [2.75, 3.05) is 5.32 Å². The average Bonchev–Trinajstić information content (AvgIpc) is 3.00. The van der Waals surface area contributed by atoms with Crippen molar-refractivity contribution < 1.29 is 14.3 Å². The topological polar surface area (TPSA) is 49.3 Å². The molecule has 4 heteroatoms. The number of fused-ring (bicyclic) bond motifs is 2. The molecule has 2 N–H and O–H groups in total. The summed E-state index contributed by atoms with van der Waals surface area (Å²) in [4.78, 5) is 10.8. The van der Waals surface area contributed by atoms with Gasteiger partial charge in [-0.3, -0.25) is 0 Å². The Morgan fingerprint density at radius 3 is 2.75 bits per heavy atom. The Morgan fingerprint density at radius 1 is 1.40 bits per heavy atom. The van der Waals surface area contributed by atoms with Crippen molar-refractivity contribution in [3.63, 3.8) is 0 Å². The van der Waals surface area contributed by atoms with E-state index in [2.05, 4.69) is 12.2 Å². The molecule has 0 spiro atoms. The largest absolute Gasteiger partial charge is 0.478 e. The number of benzene rings is 1. The van der Waals surface area contributed by atoms with E-state index in [0.29, 0.717) is 17.6 Å². The van der Waals surface area contributed by atoms with E-state index in [1.54, 1.807) is 6.07 Å². The first-order chi connectivity index (χ1) is 9.54. The van der Waals surface area contributed by atoms with Gasteiger partial charge in [0, 0.05) is 11.7 Å². The van der Waals surface area contributed by atoms with Crippen molar-refractivity contribution >= 4 is 11.7 Å². The number of aromatic carboxylic acids is 1. The second-order valence-corrected chi connectivity index (χ2v) is 6.27. The fourth-order valence-corrected chi connectivity index (χ4v) is 4.05. The van der Waals surface area contributed by atoms with Crippen molar-refractivity contribution in [3.05, 3.63) is 29.6 Å². The SMILES string of the molecule is CC(Nc1ccc(C(=O)O)c(F)c1)C1CC2CCC1C2. The fourth-order valence-electron chi connectivity index (χ4n) is 4.05. The second-order valence-electron chi connectivity index (χ2n) is 6.27. The maximum Gasteiger partial charge on any atom is 0.338 e. The molecule has 0 saturated heterocycles. The zero-order valence-electron chi connectivity index (χ0n) is 11.6. The maximum absolute atomic E-state index is 13.7. The van der Waals surface area contributed by atoms with Gasteiger partial charge in [-0.2, -0.15) is 0 Å². The zero-order valence-corrected chi connectivity index (χ0v) is 11.6. The molecule has 108 valence electrons. The van der Waals surface area contributed by atoms with Gasteiger partial charge in [0.25, 0.3) is 0 Å². The molecular weight excluding hydrogens is 257 g/mol. The lowest BCUT2D eigenvalue weighted by molar-refractivity contribution is 0.0692. The van der Waals surface area contributed by atoms with Crippen molar-refractivity contribution in [1.29, 1.82) is 0 Å². The fraction of sp³-hybridized carbons (Fsp3) is 0.562. The summed E-state index contributed by atoms with van der Waals surface area (Å²) in [7, 11) is 0. The lowest BCUT2D eigenvalue weighted by atomic mass is 9.84. The summed E-state index contributed by atoms with van der Waals surface area (Å²) < 4.78 is 13.7. The summed E-state index contributed by atoms with van der Waals surface area (Å²) in [5.74, 6) is 0.458. The molecule has 2 fully saturated rings. The summed E-state index contributed by atoms with van der Waals surface area (Å²) in [5, 5.41) is 12.2. The molecule has 3 rings (SSSR count). The minimum atomic E-state index is -1.23. The summed E-state index contributed by atoms with van der Waals surface area (Å²) >= 11 is 0. The highest BCUT2D eigenvalue weighted by atomic mass is 19.1. The molecule has 2 aliphatic rings. The first kappa shape index (κ1) is 13.4. The molecule has 0 aromatic heterocycles. The van der Waals surface area contributed by atoms with Gasteiger partial charge in [-0.1, -0.05) is 6.42 Å². The van der Waals surface area contributed by atoms with Crippen LogP contribution in [0.1, 0.15) is 43.0 Å². The van der Waals surface area contributed by atoms with E-state index in [1.165, 1.54) is 37.8 Å². The number of hydrogen-bond acceptors (Lipinski definition) is 2. The molecule has 4 unspecified atom stereocenters. The number of rotatable bonds is 4. The molecule has 1 aromatic carbocycles. The van der Waals surface area contributed by atoms with Crippen LogP contribution >= 0.6 is 0 Å². The van der Waals surface area contributed by atoms with Crippen LogP contribution < -0.4 is 5.32 Å². The number of nitrogens with one attached hydrogen (secondary N) is 1. The molecule has 20 heavy (non-hydrogen) atoms. The smallest absolute Gasteiger partial charge is 0.338 e. The van der Waals surface area contributed by atoms with Gasteiger partial charge in [-0.15, -0.1) is 0 Å². The third kappa shape index (κ3) is 2.39. The number of carbonyl (C=O) groups is 1. The third-order valence-corrected chi connectivity index (χ3v) is 5.03. The molecule has 3 nitrogen and oxygen atoms in total. The Bertz CT molecular complexity index is 531. The number of anilines is 1. The molecule has 0 heterocycles. The van der Waals surface area contributed by atoms with Gasteiger partial charge in [-0.05, 0) is 62.1 Å². The summed E-state index contributed by atoms with van der Waals surface area (Å²) in [6, 6.07) is 4.57.